The molecule has 0 saturated heterocycles. The van der Waals surface area contributed by atoms with Crippen LogP contribution in [-0.4, -0.2) is 25.5 Å². The largest absolute Gasteiger partial charge is 0.454 e. The number of fused-ring (bicyclic) bond motifs is 1. The summed E-state index contributed by atoms with van der Waals surface area (Å²) >= 11 is 6.13. The molecule has 0 aromatic heterocycles. The lowest BCUT2D eigenvalue weighted by Crippen LogP contribution is -2.25. The molecule has 7 heteroatoms. The van der Waals surface area contributed by atoms with Crippen LogP contribution in [0.2, 0.25) is 5.02 Å². The number of carbonyl (C=O) groups is 1. The lowest BCUT2D eigenvalue weighted by Gasteiger charge is -2.05. The third kappa shape index (κ3) is 3.97. The van der Waals surface area contributed by atoms with Crippen LogP contribution < -0.4 is 20.2 Å². The molecular formula is C17H16ClN3O3. The maximum Gasteiger partial charge on any atom is 0.259 e. The van der Waals surface area contributed by atoms with E-state index in [0.29, 0.717) is 22.1 Å². The van der Waals surface area contributed by atoms with Gasteiger partial charge < -0.3 is 14.8 Å². The number of rotatable bonds is 5. The van der Waals surface area contributed by atoms with E-state index in [-0.39, 0.29) is 19.2 Å². The lowest BCUT2D eigenvalue weighted by molar-refractivity contribution is -0.119. The number of nitrogens with one attached hydrogen (secondary N) is 2. The highest BCUT2D eigenvalue weighted by atomic mass is 35.5. The fourth-order valence-electron chi connectivity index (χ4n) is 2.10. The number of hydrazone groups is 1. The quantitative estimate of drug-likeness (QED) is 0.645. The van der Waals surface area contributed by atoms with E-state index < -0.39 is 0 Å². The fourth-order valence-corrected chi connectivity index (χ4v) is 2.30. The molecule has 0 fully saturated rings. The summed E-state index contributed by atoms with van der Waals surface area (Å²) in [6, 6.07) is 11.1. The fraction of sp³-hybridized carbons (Fsp3) is 0.176. The summed E-state index contributed by atoms with van der Waals surface area (Å²) in [6.45, 7) is 2.30. The van der Waals surface area contributed by atoms with Gasteiger partial charge in [-0.3, -0.25) is 4.79 Å². The Bertz CT molecular complexity index is 775. The molecule has 0 saturated carbocycles. The maximum atomic E-state index is 11.8. The summed E-state index contributed by atoms with van der Waals surface area (Å²) in [6.07, 6.45) is 1.47. The number of aryl methyl sites for hydroxylation is 1. The second-order valence-corrected chi connectivity index (χ2v) is 5.65. The molecule has 0 atom stereocenters. The van der Waals surface area contributed by atoms with E-state index in [9.17, 15) is 4.79 Å². The number of anilines is 1. The summed E-state index contributed by atoms with van der Waals surface area (Å²) in [5.74, 6) is 0.945. The summed E-state index contributed by atoms with van der Waals surface area (Å²) in [5, 5.41) is 7.39. The molecule has 0 aliphatic carbocycles. The average Bonchev–Trinajstić information content (AvgIpc) is 3.01. The highest BCUT2D eigenvalue weighted by Gasteiger charge is 2.15. The van der Waals surface area contributed by atoms with Crippen LogP contribution in [0.3, 0.4) is 0 Å². The molecule has 2 aromatic carbocycles. The topological polar surface area (TPSA) is 72.0 Å². The summed E-state index contributed by atoms with van der Waals surface area (Å²) in [7, 11) is 0. The first-order valence-electron chi connectivity index (χ1n) is 7.33. The molecule has 0 unspecified atom stereocenters. The Morgan fingerprint density at radius 1 is 1.25 bits per heavy atom. The molecule has 0 spiro atoms. The number of hydrogen-bond donors (Lipinski definition) is 2. The Morgan fingerprint density at radius 3 is 2.71 bits per heavy atom. The number of benzene rings is 2. The van der Waals surface area contributed by atoms with Gasteiger partial charge in [0.25, 0.3) is 5.91 Å². The van der Waals surface area contributed by atoms with Crippen LogP contribution in [0, 0.1) is 6.92 Å². The molecule has 0 bridgehead atoms. The van der Waals surface area contributed by atoms with Crippen molar-refractivity contribution in [2.75, 3.05) is 18.7 Å². The third-order valence-corrected chi connectivity index (χ3v) is 3.72. The Balaban J connectivity index is 1.52. The molecule has 24 heavy (non-hydrogen) atoms. The zero-order valence-electron chi connectivity index (χ0n) is 13.0. The van der Waals surface area contributed by atoms with E-state index in [1.165, 1.54) is 6.21 Å². The SMILES string of the molecule is Cc1ccc(NCC(=O)N/N=C/c2cc3c(cc2Cl)OCO3)cc1. The van der Waals surface area contributed by atoms with Crippen molar-refractivity contribution in [3.05, 3.63) is 52.5 Å². The van der Waals surface area contributed by atoms with Crippen LogP contribution in [-0.2, 0) is 4.79 Å². The molecule has 3 rings (SSSR count). The monoisotopic (exact) mass is 345 g/mol. The highest BCUT2D eigenvalue weighted by Crippen LogP contribution is 2.36. The number of hydrogen-bond acceptors (Lipinski definition) is 5. The van der Waals surface area contributed by atoms with Gasteiger partial charge in [0.1, 0.15) is 0 Å². The predicted molar refractivity (Wildman–Crippen MR) is 93.0 cm³/mol. The Hall–Kier alpha value is -2.73. The number of ether oxygens (including phenoxy) is 2. The maximum absolute atomic E-state index is 11.8. The van der Waals surface area contributed by atoms with Crippen LogP contribution in [0.15, 0.2) is 41.5 Å². The molecule has 1 heterocycles. The number of nitrogens with zero attached hydrogens (tertiary/aromatic N) is 1. The molecule has 2 N–H and O–H groups in total. The van der Waals surface area contributed by atoms with E-state index in [0.717, 1.165) is 11.3 Å². The van der Waals surface area contributed by atoms with Crippen LogP contribution in [0.1, 0.15) is 11.1 Å². The minimum Gasteiger partial charge on any atom is -0.454 e. The molecular weight excluding hydrogens is 330 g/mol. The van der Waals surface area contributed by atoms with Gasteiger partial charge in [-0.25, -0.2) is 5.43 Å². The molecule has 2 aromatic rings. The van der Waals surface area contributed by atoms with E-state index in [1.807, 2.05) is 31.2 Å². The zero-order chi connectivity index (χ0) is 16.9. The van der Waals surface area contributed by atoms with Crippen LogP contribution in [0.4, 0.5) is 5.69 Å². The van der Waals surface area contributed by atoms with Crippen molar-refractivity contribution >= 4 is 29.4 Å². The highest BCUT2D eigenvalue weighted by molar-refractivity contribution is 6.33. The Labute approximate surface area is 144 Å². The van der Waals surface area contributed by atoms with Crippen molar-refractivity contribution in [2.24, 2.45) is 5.10 Å². The van der Waals surface area contributed by atoms with Crippen molar-refractivity contribution in [2.45, 2.75) is 6.92 Å². The second kappa shape index (κ2) is 7.23. The second-order valence-electron chi connectivity index (χ2n) is 5.24. The number of amides is 1. The van der Waals surface area contributed by atoms with Gasteiger partial charge in [0, 0.05) is 17.3 Å². The summed E-state index contributed by atoms with van der Waals surface area (Å²) in [4.78, 5) is 11.8. The number of halogens is 1. The Morgan fingerprint density at radius 2 is 1.96 bits per heavy atom. The standard InChI is InChI=1S/C17H16ClN3O3/c1-11-2-4-13(5-3-11)19-9-17(22)21-20-8-12-6-15-16(7-14(12)18)24-10-23-15/h2-8,19H,9-10H2,1H3,(H,21,22)/b20-8+. The van der Waals surface area contributed by atoms with Gasteiger partial charge in [0.05, 0.1) is 17.8 Å². The van der Waals surface area contributed by atoms with Crippen LogP contribution in [0.25, 0.3) is 0 Å². The van der Waals surface area contributed by atoms with Crippen LogP contribution >= 0.6 is 11.6 Å². The first-order chi connectivity index (χ1) is 11.6. The Kier molecular flexibility index (Phi) is 4.86. The number of carbonyl (C=O) groups excluding carboxylic acids is 1. The van der Waals surface area contributed by atoms with E-state index in [4.69, 9.17) is 21.1 Å². The van der Waals surface area contributed by atoms with E-state index in [2.05, 4.69) is 15.8 Å². The minimum absolute atomic E-state index is 0.120. The third-order valence-electron chi connectivity index (χ3n) is 3.39. The predicted octanol–water partition coefficient (Wildman–Crippen LogP) is 2.94. The molecule has 0 radical (unpaired) electrons. The zero-order valence-corrected chi connectivity index (χ0v) is 13.8. The van der Waals surface area contributed by atoms with Gasteiger partial charge in [0.15, 0.2) is 11.5 Å². The van der Waals surface area contributed by atoms with Gasteiger partial charge in [-0.1, -0.05) is 29.3 Å². The van der Waals surface area contributed by atoms with Gasteiger partial charge in [-0.05, 0) is 25.1 Å². The van der Waals surface area contributed by atoms with Crippen molar-refractivity contribution < 1.29 is 14.3 Å². The molecule has 6 nitrogen and oxygen atoms in total. The first-order valence-corrected chi connectivity index (χ1v) is 7.71. The van der Waals surface area contributed by atoms with E-state index in [1.54, 1.807) is 12.1 Å². The van der Waals surface area contributed by atoms with Crippen molar-refractivity contribution in [1.82, 2.24) is 5.43 Å². The van der Waals surface area contributed by atoms with E-state index >= 15 is 0 Å². The van der Waals surface area contributed by atoms with Crippen molar-refractivity contribution in [3.8, 4) is 11.5 Å². The normalized spacial score (nSPS) is 12.4. The van der Waals surface area contributed by atoms with Gasteiger partial charge in [-0.15, -0.1) is 0 Å². The van der Waals surface area contributed by atoms with Gasteiger partial charge >= 0.3 is 0 Å². The van der Waals surface area contributed by atoms with Gasteiger partial charge in [-0.2, -0.15) is 5.10 Å². The molecule has 1 amide bonds. The van der Waals surface area contributed by atoms with Crippen molar-refractivity contribution in [1.29, 1.82) is 0 Å². The molecule has 1 aliphatic heterocycles. The summed E-state index contributed by atoms with van der Waals surface area (Å²) < 4.78 is 10.5. The lowest BCUT2D eigenvalue weighted by atomic mass is 10.2. The average molecular weight is 346 g/mol. The molecule has 1 aliphatic rings. The smallest absolute Gasteiger partial charge is 0.259 e. The van der Waals surface area contributed by atoms with Gasteiger partial charge in [0.2, 0.25) is 6.79 Å². The van der Waals surface area contributed by atoms with Crippen molar-refractivity contribution in [3.63, 3.8) is 0 Å². The summed E-state index contributed by atoms with van der Waals surface area (Å²) in [5.41, 5.74) is 5.11. The minimum atomic E-state index is -0.260. The molecule has 124 valence electrons. The first kappa shape index (κ1) is 16.1. The van der Waals surface area contributed by atoms with Crippen LogP contribution in [0.5, 0.6) is 11.5 Å².